The second-order valence-electron chi connectivity index (χ2n) is 9.25. The van der Waals surface area contributed by atoms with Gasteiger partial charge in [-0.1, -0.05) is 54.6 Å². The molecule has 0 N–H and O–H groups in total. The summed E-state index contributed by atoms with van der Waals surface area (Å²) >= 11 is 1.53. The van der Waals surface area contributed by atoms with Crippen LogP contribution in [0.15, 0.2) is 84.4 Å². The highest BCUT2D eigenvalue weighted by atomic mass is 32.1. The summed E-state index contributed by atoms with van der Waals surface area (Å²) in [6.45, 7) is 3.05. The molecule has 0 spiro atoms. The Morgan fingerprint density at radius 2 is 1.85 bits per heavy atom. The van der Waals surface area contributed by atoms with Gasteiger partial charge in [-0.3, -0.25) is 14.7 Å². The zero-order valence-corrected chi connectivity index (χ0v) is 20.5. The third-order valence-electron chi connectivity index (χ3n) is 7.14. The van der Waals surface area contributed by atoms with Gasteiger partial charge in [0, 0.05) is 31.2 Å². The van der Waals surface area contributed by atoms with Crippen molar-refractivity contribution in [3.63, 3.8) is 0 Å². The average Bonchev–Trinajstić information content (AvgIpc) is 3.43. The van der Waals surface area contributed by atoms with Crippen LogP contribution in [0, 0.1) is 5.92 Å². The van der Waals surface area contributed by atoms with E-state index in [0.29, 0.717) is 5.92 Å². The van der Waals surface area contributed by atoms with E-state index in [1.165, 1.54) is 27.8 Å². The van der Waals surface area contributed by atoms with Gasteiger partial charge in [-0.15, -0.1) is 11.3 Å². The Kier molecular flexibility index (Phi) is 7.02. The van der Waals surface area contributed by atoms with Crippen LogP contribution in [0.5, 0.6) is 0 Å². The Bertz CT molecular complexity index is 1210. The Balaban J connectivity index is 1.29. The molecule has 174 valence electrons. The minimum absolute atomic E-state index is 0.140. The van der Waals surface area contributed by atoms with Crippen LogP contribution in [-0.4, -0.2) is 46.9 Å². The van der Waals surface area contributed by atoms with E-state index in [4.69, 9.17) is 0 Å². The molecule has 1 aliphatic rings. The lowest BCUT2D eigenvalue weighted by Crippen LogP contribution is -2.47. The fraction of sp³-hybridized carbons (Fsp3) is 0.310. The van der Waals surface area contributed by atoms with E-state index in [2.05, 4.69) is 64.5 Å². The zero-order valence-electron chi connectivity index (χ0n) is 19.6. The molecule has 1 aliphatic heterocycles. The molecular formula is C29H31N3OS. The molecule has 0 radical (unpaired) electrons. The molecule has 2 aromatic carbocycles. The van der Waals surface area contributed by atoms with Crippen molar-refractivity contribution in [2.45, 2.75) is 31.8 Å². The summed E-state index contributed by atoms with van der Waals surface area (Å²) in [7, 11) is 1.99. The Morgan fingerprint density at radius 3 is 2.62 bits per heavy atom. The zero-order chi connectivity index (χ0) is 23.3. The molecule has 0 saturated carbocycles. The van der Waals surface area contributed by atoms with Crippen molar-refractivity contribution in [2.24, 2.45) is 5.92 Å². The number of thiophene rings is 1. The maximum atomic E-state index is 13.2. The molecule has 5 heteroatoms. The highest BCUT2D eigenvalue weighted by molar-refractivity contribution is 7.12. The number of fused-ring (bicyclic) bond motifs is 1. The molecule has 1 saturated heterocycles. The third-order valence-corrected chi connectivity index (χ3v) is 8.00. The van der Waals surface area contributed by atoms with E-state index < -0.39 is 0 Å². The van der Waals surface area contributed by atoms with Gasteiger partial charge in [-0.25, -0.2) is 0 Å². The molecule has 2 aromatic heterocycles. The number of nitrogens with zero attached hydrogens (tertiary/aromatic N) is 3. The van der Waals surface area contributed by atoms with Gasteiger partial charge in [-0.05, 0) is 73.0 Å². The molecule has 5 rings (SSSR count). The van der Waals surface area contributed by atoms with E-state index in [-0.39, 0.29) is 11.9 Å². The van der Waals surface area contributed by atoms with Crippen molar-refractivity contribution in [3.05, 3.63) is 100 Å². The first kappa shape index (κ1) is 22.8. The van der Waals surface area contributed by atoms with Crippen LogP contribution in [0.3, 0.4) is 0 Å². The fourth-order valence-corrected chi connectivity index (χ4v) is 5.95. The fourth-order valence-electron chi connectivity index (χ4n) is 5.24. The van der Waals surface area contributed by atoms with Gasteiger partial charge in [0.05, 0.1) is 10.4 Å². The normalized spacial score (nSPS) is 15.9. The molecular weight excluding hydrogens is 438 g/mol. The van der Waals surface area contributed by atoms with E-state index in [1.54, 1.807) is 0 Å². The molecule has 1 unspecified atom stereocenters. The molecule has 1 fully saturated rings. The minimum Gasteiger partial charge on any atom is -0.337 e. The Hall–Kier alpha value is -3.02. The summed E-state index contributed by atoms with van der Waals surface area (Å²) in [5.41, 5.74) is 3.70. The first-order valence-corrected chi connectivity index (χ1v) is 13.0. The molecule has 34 heavy (non-hydrogen) atoms. The summed E-state index contributed by atoms with van der Waals surface area (Å²) in [6.07, 6.45) is 4.96. The van der Waals surface area contributed by atoms with Crippen molar-refractivity contribution in [3.8, 4) is 0 Å². The Morgan fingerprint density at radius 1 is 1.03 bits per heavy atom. The number of amides is 1. The second-order valence-corrected chi connectivity index (χ2v) is 10.2. The van der Waals surface area contributed by atoms with Crippen molar-refractivity contribution in [2.75, 3.05) is 20.1 Å². The van der Waals surface area contributed by atoms with E-state index >= 15 is 0 Å². The summed E-state index contributed by atoms with van der Waals surface area (Å²) in [4.78, 5) is 23.1. The van der Waals surface area contributed by atoms with Crippen LogP contribution in [0.25, 0.3) is 10.9 Å². The number of benzene rings is 2. The molecule has 0 aliphatic carbocycles. The summed E-state index contributed by atoms with van der Waals surface area (Å²) in [5, 5.41) is 3.23. The third kappa shape index (κ3) is 5.06. The molecule has 4 aromatic rings. The van der Waals surface area contributed by atoms with Crippen LogP contribution in [0.1, 0.15) is 33.6 Å². The minimum atomic E-state index is 0.140. The van der Waals surface area contributed by atoms with Gasteiger partial charge in [0.2, 0.25) is 0 Å². The molecule has 4 nitrogen and oxygen atoms in total. The topological polar surface area (TPSA) is 36.4 Å². The number of hydrogen-bond acceptors (Lipinski definition) is 4. The number of pyridine rings is 1. The van der Waals surface area contributed by atoms with Crippen LogP contribution < -0.4 is 0 Å². The monoisotopic (exact) mass is 469 g/mol. The number of hydrogen-bond donors (Lipinski definition) is 0. The van der Waals surface area contributed by atoms with Gasteiger partial charge in [0.25, 0.3) is 5.91 Å². The smallest absolute Gasteiger partial charge is 0.263 e. The molecule has 3 heterocycles. The van der Waals surface area contributed by atoms with Crippen LogP contribution in [0.4, 0.5) is 0 Å². The number of carbonyl (C=O) groups excluding carboxylic acids is 1. The number of carbonyl (C=O) groups is 1. The summed E-state index contributed by atoms with van der Waals surface area (Å²) in [5.74, 6) is 0.626. The van der Waals surface area contributed by atoms with E-state index in [1.807, 2.05) is 41.7 Å². The number of likely N-dealkylation sites (N-methyl/N-ethyl adjacent to an activating group) is 1. The number of rotatable bonds is 7. The lowest BCUT2D eigenvalue weighted by Gasteiger charge is -2.40. The standard InChI is InChI=1S/C29H31N3OS/c1-31(29(33)28-13-7-19-34-28)27(20-22-8-3-2-4-9-22)23-14-17-32(18-15-23)21-24-10-5-12-26-25(24)11-6-16-30-26/h2-13,16,19,23,27H,14-15,17-18,20-21H2,1H3. The van der Waals surface area contributed by atoms with Gasteiger partial charge in [-0.2, -0.15) is 0 Å². The predicted molar refractivity (Wildman–Crippen MR) is 140 cm³/mol. The van der Waals surface area contributed by atoms with Gasteiger partial charge >= 0.3 is 0 Å². The lowest BCUT2D eigenvalue weighted by molar-refractivity contribution is 0.0590. The van der Waals surface area contributed by atoms with Gasteiger partial charge in [0.15, 0.2) is 0 Å². The van der Waals surface area contributed by atoms with Gasteiger partial charge in [0.1, 0.15) is 0 Å². The SMILES string of the molecule is CN(C(=O)c1cccs1)C(Cc1ccccc1)C1CCN(Cc2cccc3ncccc23)CC1. The van der Waals surface area contributed by atoms with Crippen LogP contribution in [-0.2, 0) is 13.0 Å². The predicted octanol–water partition coefficient (Wildman–Crippen LogP) is 5.89. The highest BCUT2D eigenvalue weighted by Gasteiger charge is 2.32. The first-order chi connectivity index (χ1) is 16.7. The lowest BCUT2D eigenvalue weighted by atomic mass is 9.84. The number of likely N-dealkylation sites (tertiary alicyclic amines) is 1. The first-order valence-electron chi connectivity index (χ1n) is 12.1. The van der Waals surface area contributed by atoms with E-state index in [0.717, 1.165) is 49.3 Å². The average molecular weight is 470 g/mol. The summed E-state index contributed by atoms with van der Waals surface area (Å²) < 4.78 is 0. The van der Waals surface area contributed by atoms with Crippen LogP contribution in [0.2, 0.25) is 0 Å². The highest BCUT2D eigenvalue weighted by Crippen LogP contribution is 2.29. The maximum Gasteiger partial charge on any atom is 0.263 e. The second kappa shape index (κ2) is 10.5. The van der Waals surface area contributed by atoms with Crippen molar-refractivity contribution in [1.29, 1.82) is 0 Å². The van der Waals surface area contributed by atoms with Crippen LogP contribution >= 0.6 is 11.3 Å². The van der Waals surface area contributed by atoms with Crippen molar-refractivity contribution >= 4 is 28.1 Å². The maximum absolute atomic E-state index is 13.2. The summed E-state index contributed by atoms with van der Waals surface area (Å²) in [6, 6.07) is 25.3. The van der Waals surface area contributed by atoms with E-state index in [9.17, 15) is 4.79 Å². The number of piperidine rings is 1. The number of aromatic nitrogens is 1. The largest absolute Gasteiger partial charge is 0.337 e. The molecule has 0 bridgehead atoms. The van der Waals surface area contributed by atoms with Crippen molar-refractivity contribution in [1.82, 2.24) is 14.8 Å². The molecule has 1 atom stereocenters. The molecule has 1 amide bonds. The van der Waals surface area contributed by atoms with Gasteiger partial charge < -0.3 is 4.90 Å². The Labute approximate surface area is 205 Å². The quantitative estimate of drug-likeness (QED) is 0.339. The van der Waals surface area contributed by atoms with Crippen molar-refractivity contribution < 1.29 is 4.79 Å².